The highest BCUT2D eigenvalue weighted by molar-refractivity contribution is 5.98. The van der Waals surface area contributed by atoms with Crippen molar-refractivity contribution in [1.29, 1.82) is 0 Å². The number of rotatable bonds is 14. The van der Waals surface area contributed by atoms with Gasteiger partial charge in [-0.3, -0.25) is 4.79 Å². The topological polar surface area (TPSA) is 48.0 Å². The number of allylic oxidation sites excluding steroid dienone is 1. The maximum absolute atomic E-state index is 12.2. The highest BCUT2D eigenvalue weighted by Gasteiger charge is 2.13. The van der Waals surface area contributed by atoms with E-state index >= 15 is 0 Å². The molecule has 0 atom stereocenters. The maximum Gasteiger partial charge on any atom is 0.248 e. The molecular formula is C31H37NO4. The average molecular weight is 488 g/mol. The minimum atomic E-state index is -0.0731. The van der Waals surface area contributed by atoms with E-state index in [2.05, 4.69) is 67.6 Å². The summed E-state index contributed by atoms with van der Waals surface area (Å²) >= 11 is 0. The third kappa shape index (κ3) is 8.08. The van der Waals surface area contributed by atoms with Crippen LogP contribution in [0, 0.1) is 0 Å². The first-order valence-electron chi connectivity index (χ1n) is 12.6. The van der Waals surface area contributed by atoms with E-state index in [1.54, 1.807) is 11.9 Å². The Hall–Kier alpha value is -3.41. The van der Waals surface area contributed by atoms with Crippen LogP contribution in [0.4, 0.5) is 0 Å². The van der Waals surface area contributed by atoms with Crippen molar-refractivity contribution in [2.75, 3.05) is 46.6 Å². The zero-order chi connectivity index (χ0) is 25.6. The van der Waals surface area contributed by atoms with E-state index in [1.807, 2.05) is 31.2 Å². The van der Waals surface area contributed by atoms with Gasteiger partial charge < -0.3 is 19.1 Å². The molecule has 3 aromatic rings. The van der Waals surface area contributed by atoms with E-state index < -0.39 is 0 Å². The second kappa shape index (κ2) is 14.9. The van der Waals surface area contributed by atoms with Gasteiger partial charge in [0, 0.05) is 13.7 Å². The predicted molar refractivity (Wildman–Crippen MR) is 146 cm³/mol. The van der Waals surface area contributed by atoms with Crippen LogP contribution in [0.5, 0.6) is 5.75 Å². The molecule has 0 aromatic heterocycles. The third-order valence-corrected chi connectivity index (χ3v) is 5.91. The Bertz CT molecular complexity index is 1080. The van der Waals surface area contributed by atoms with Gasteiger partial charge in [0.15, 0.2) is 0 Å². The lowest BCUT2D eigenvalue weighted by Crippen LogP contribution is -2.34. The lowest BCUT2D eigenvalue weighted by Gasteiger charge is -2.18. The van der Waals surface area contributed by atoms with Gasteiger partial charge in [-0.05, 0) is 53.3 Å². The van der Waals surface area contributed by atoms with Crippen LogP contribution in [0.2, 0.25) is 0 Å². The molecule has 36 heavy (non-hydrogen) atoms. The predicted octanol–water partition coefficient (Wildman–Crippen LogP) is 5.95. The number of carbonyl (C=O) groups is 1. The molecule has 0 saturated heterocycles. The molecule has 0 fully saturated rings. The maximum atomic E-state index is 12.2. The van der Waals surface area contributed by atoms with Crippen LogP contribution in [0.15, 0.2) is 84.9 Å². The van der Waals surface area contributed by atoms with Crippen LogP contribution in [0.3, 0.4) is 0 Å². The molecule has 3 rings (SSSR count). The van der Waals surface area contributed by atoms with E-state index in [-0.39, 0.29) is 12.5 Å². The van der Waals surface area contributed by atoms with Gasteiger partial charge in [0.05, 0.1) is 19.8 Å². The number of hydrogen-bond acceptors (Lipinski definition) is 4. The van der Waals surface area contributed by atoms with Crippen molar-refractivity contribution in [3.8, 4) is 5.75 Å². The smallest absolute Gasteiger partial charge is 0.248 e. The van der Waals surface area contributed by atoms with Gasteiger partial charge in [-0.2, -0.15) is 0 Å². The van der Waals surface area contributed by atoms with Crippen LogP contribution < -0.4 is 4.74 Å². The van der Waals surface area contributed by atoms with E-state index in [1.165, 1.54) is 22.3 Å². The Balaban J connectivity index is 1.65. The molecule has 0 N–H and O–H groups in total. The average Bonchev–Trinajstić information content (AvgIpc) is 2.93. The molecule has 0 aliphatic carbocycles. The van der Waals surface area contributed by atoms with Gasteiger partial charge in [-0.1, -0.05) is 79.7 Å². The lowest BCUT2D eigenvalue weighted by molar-refractivity contribution is -0.135. The fraction of sp³-hybridized carbons (Fsp3) is 0.323. The SMILES string of the molecule is CCOCCOCC(=O)N(C)CCOc1ccc(/C(=C(/CC)c2ccccc2)c2ccccc2)cc1. The molecule has 5 nitrogen and oxygen atoms in total. The van der Waals surface area contributed by atoms with Crippen LogP contribution in [-0.2, 0) is 14.3 Å². The minimum Gasteiger partial charge on any atom is -0.492 e. The summed E-state index contributed by atoms with van der Waals surface area (Å²) in [5.41, 5.74) is 6.10. The van der Waals surface area contributed by atoms with Crippen molar-refractivity contribution in [3.05, 3.63) is 102 Å². The van der Waals surface area contributed by atoms with Crippen LogP contribution in [0.1, 0.15) is 37.0 Å². The standard InChI is InChI=1S/C31H37NO4/c1-4-29(25-12-8-6-9-13-25)31(26-14-10-7-11-15-26)27-16-18-28(19-17-27)36-21-20-32(3)30(33)24-35-23-22-34-5-2/h6-19H,4-5,20-24H2,1-3H3/b31-29-. The lowest BCUT2D eigenvalue weighted by atomic mass is 9.88. The molecule has 0 bridgehead atoms. The fourth-order valence-electron chi connectivity index (χ4n) is 3.96. The summed E-state index contributed by atoms with van der Waals surface area (Å²) in [5.74, 6) is 0.703. The Morgan fingerprint density at radius 3 is 1.92 bits per heavy atom. The van der Waals surface area contributed by atoms with Crippen LogP contribution in [-0.4, -0.2) is 57.4 Å². The van der Waals surface area contributed by atoms with E-state index in [9.17, 15) is 4.79 Å². The summed E-state index contributed by atoms with van der Waals surface area (Å²) in [6.07, 6.45) is 0.919. The molecule has 0 aliphatic heterocycles. The zero-order valence-electron chi connectivity index (χ0n) is 21.6. The Labute approximate surface area is 215 Å². The van der Waals surface area contributed by atoms with Gasteiger partial charge in [-0.15, -0.1) is 0 Å². The Morgan fingerprint density at radius 2 is 1.31 bits per heavy atom. The Kier molecular flexibility index (Phi) is 11.2. The van der Waals surface area contributed by atoms with Gasteiger partial charge in [0.2, 0.25) is 5.91 Å². The van der Waals surface area contributed by atoms with Gasteiger partial charge >= 0.3 is 0 Å². The first kappa shape index (κ1) is 27.2. The molecule has 0 saturated carbocycles. The molecule has 0 aliphatic rings. The molecule has 0 spiro atoms. The number of likely N-dealkylation sites (N-methyl/N-ethyl adjacent to an activating group) is 1. The fourth-order valence-corrected chi connectivity index (χ4v) is 3.96. The monoisotopic (exact) mass is 487 g/mol. The first-order chi connectivity index (χ1) is 17.6. The summed E-state index contributed by atoms with van der Waals surface area (Å²) in [4.78, 5) is 13.8. The first-order valence-corrected chi connectivity index (χ1v) is 12.6. The van der Waals surface area contributed by atoms with Gasteiger partial charge in [0.1, 0.15) is 19.0 Å². The van der Waals surface area contributed by atoms with E-state index in [0.29, 0.717) is 33.0 Å². The van der Waals surface area contributed by atoms with Gasteiger partial charge in [0.25, 0.3) is 0 Å². The van der Waals surface area contributed by atoms with Crippen molar-refractivity contribution in [2.45, 2.75) is 20.3 Å². The van der Waals surface area contributed by atoms with Crippen molar-refractivity contribution < 1.29 is 19.0 Å². The summed E-state index contributed by atoms with van der Waals surface area (Å²) in [7, 11) is 1.76. The highest BCUT2D eigenvalue weighted by Crippen LogP contribution is 2.34. The second-order valence-corrected chi connectivity index (χ2v) is 8.38. The molecule has 190 valence electrons. The van der Waals surface area contributed by atoms with Crippen molar-refractivity contribution in [3.63, 3.8) is 0 Å². The summed E-state index contributed by atoms with van der Waals surface area (Å²) < 4.78 is 16.5. The second-order valence-electron chi connectivity index (χ2n) is 8.38. The molecule has 1 amide bonds. The molecule has 0 heterocycles. The molecule has 0 radical (unpaired) electrons. The van der Waals surface area contributed by atoms with Crippen molar-refractivity contribution in [1.82, 2.24) is 4.90 Å². The van der Waals surface area contributed by atoms with E-state index in [0.717, 1.165) is 17.7 Å². The summed E-state index contributed by atoms with van der Waals surface area (Å²) in [6.45, 7) is 6.63. The molecule has 3 aromatic carbocycles. The van der Waals surface area contributed by atoms with Gasteiger partial charge in [-0.25, -0.2) is 0 Å². The van der Waals surface area contributed by atoms with Crippen LogP contribution in [0.25, 0.3) is 11.1 Å². The molecule has 0 unspecified atom stereocenters. The number of carbonyl (C=O) groups excluding carboxylic acids is 1. The van der Waals surface area contributed by atoms with Crippen LogP contribution >= 0.6 is 0 Å². The van der Waals surface area contributed by atoms with E-state index in [4.69, 9.17) is 14.2 Å². The number of benzene rings is 3. The zero-order valence-corrected chi connectivity index (χ0v) is 21.6. The number of ether oxygens (including phenoxy) is 3. The highest BCUT2D eigenvalue weighted by atomic mass is 16.5. The van der Waals surface area contributed by atoms with Crippen molar-refractivity contribution >= 4 is 17.1 Å². The Morgan fingerprint density at radius 1 is 0.722 bits per heavy atom. The quantitative estimate of drug-likeness (QED) is 0.208. The summed E-state index contributed by atoms with van der Waals surface area (Å²) in [5, 5.41) is 0. The van der Waals surface area contributed by atoms with Crippen molar-refractivity contribution in [2.24, 2.45) is 0 Å². The number of nitrogens with zero attached hydrogens (tertiary/aromatic N) is 1. The third-order valence-electron chi connectivity index (χ3n) is 5.91. The largest absolute Gasteiger partial charge is 0.492 e. The minimum absolute atomic E-state index is 0.0496. The molecular weight excluding hydrogens is 450 g/mol. The summed E-state index contributed by atoms with van der Waals surface area (Å²) in [6, 6.07) is 29.3. The normalized spacial score (nSPS) is 11.6. The molecule has 5 heteroatoms. The number of hydrogen-bond donors (Lipinski definition) is 0. The number of amides is 1.